The first-order valence-corrected chi connectivity index (χ1v) is 9.01. The number of aromatic nitrogens is 2. The molecule has 2 fully saturated rings. The van der Waals surface area contributed by atoms with Crippen LogP contribution in [0.4, 0.5) is 0 Å². The van der Waals surface area contributed by atoms with Gasteiger partial charge in [0.25, 0.3) is 0 Å². The summed E-state index contributed by atoms with van der Waals surface area (Å²) in [6.07, 6.45) is 11.4. The minimum atomic E-state index is -0.260. The number of ether oxygens (including phenoxy) is 1. The third-order valence-corrected chi connectivity index (χ3v) is 5.09. The number of esters is 1. The largest absolute Gasteiger partial charge is 0.459 e. The van der Waals surface area contributed by atoms with Gasteiger partial charge in [0, 0.05) is 30.4 Å². The molecule has 2 unspecified atom stereocenters. The zero-order chi connectivity index (χ0) is 17.1. The summed E-state index contributed by atoms with van der Waals surface area (Å²) in [6.45, 7) is 2.26. The lowest BCUT2D eigenvalue weighted by Gasteiger charge is -2.34. The van der Waals surface area contributed by atoms with Gasteiger partial charge in [-0.05, 0) is 50.4 Å². The molecule has 2 aromatic rings. The third-order valence-electron chi connectivity index (χ3n) is 5.09. The molecule has 0 saturated carbocycles. The first-order valence-electron chi connectivity index (χ1n) is 9.01. The van der Waals surface area contributed by atoms with Gasteiger partial charge in [0.05, 0.1) is 11.9 Å². The Morgan fingerprint density at radius 1 is 1.20 bits per heavy atom. The number of piperidine rings is 1. The number of fused-ring (bicyclic) bond motifs is 1. The molecule has 0 N–H and O–H groups in total. The average Bonchev–Trinajstić information content (AvgIpc) is 3.30. The van der Waals surface area contributed by atoms with Crippen molar-refractivity contribution < 1.29 is 9.53 Å². The maximum Gasteiger partial charge on any atom is 0.331 e. The van der Waals surface area contributed by atoms with Crippen molar-refractivity contribution in [1.29, 1.82) is 0 Å². The lowest BCUT2D eigenvalue weighted by Crippen LogP contribution is -2.41. The van der Waals surface area contributed by atoms with Crippen molar-refractivity contribution in [3.8, 4) is 5.69 Å². The van der Waals surface area contributed by atoms with Gasteiger partial charge >= 0.3 is 5.97 Å². The molecule has 5 nitrogen and oxygen atoms in total. The molecular formula is C20H23N3O2. The van der Waals surface area contributed by atoms with E-state index in [0.717, 1.165) is 30.6 Å². The quantitative estimate of drug-likeness (QED) is 0.635. The van der Waals surface area contributed by atoms with Crippen molar-refractivity contribution in [2.45, 2.75) is 37.8 Å². The fourth-order valence-corrected chi connectivity index (χ4v) is 3.81. The molecule has 2 saturated heterocycles. The molecule has 130 valence electrons. The Morgan fingerprint density at radius 3 is 2.96 bits per heavy atom. The van der Waals surface area contributed by atoms with Crippen molar-refractivity contribution in [3.05, 3.63) is 54.4 Å². The summed E-state index contributed by atoms with van der Waals surface area (Å²) in [6, 6.07) is 10.5. The second-order valence-electron chi connectivity index (χ2n) is 6.80. The van der Waals surface area contributed by atoms with E-state index in [0.29, 0.717) is 6.04 Å². The van der Waals surface area contributed by atoms with Crippen LogP contribution < -0.4 is 0 Å². The van der Waals surface area contributed by atoms with Gasteiger partial charge in [-0.25, -0.2) is 9.48 Å². The van der Waals surface area contributed by atoms with Crippen LogP contribution in [0.3, 0.4) is 0 Å². The van der Waals surface area contributed by atoms with Crippen molar-refractivity contribution in [2.24, 2.45) is 0 Å². The predicted octanol–water partition coefficient (Wildman–Crippen LogP) is 3.06. The van der Waals surface area contributed by atoms with E-state index < -0.39 is 0 Å². The van der Waals surface area contributed by atoms with Crippen LogP contribution in [0.25, 0.3) is 11.8 Å². The number of carbonyl (C=O) groups is 1. The maximum atomic E-state index is 12.1. The summed E-state index contributed by atoms with van der Waals surface area (Å²) in [5.41, 5.74) is 1.87. The van der Waals surface area contributed by atoms with Crippen LogP contribution in [0.1, 0.15) is 31.2 Å². The van der Waals surface area contributed by atoms with Gasteiger partial charge in [0.2, 0.25) is 0 Å². The number of benzene rings is 1. The van der Waals surface area contributed by atoms with E-state index >= 15 is 0 Å². The van der Waals surface area contributed by atoms with Crippen molar-refractivity contribution >= 4 is 12.0 Å². The Morgan fingerprint density at radius 2 is 2.08 bits per heavy atom. The highest BCUT2D eigenvalue weighted by Crippen LogP contribution is 2.28. The van der Waals surface area contributed by atoms with E-state index in [1.165, 1.54) is 25.5 Å². The van der Waals surface area contributed by atoms with Crippen LogP contribution in [0.2, 0.25) is 0 Å². The molecular weight excluding hydrogens is 314 g/mol. The van der Waals surface area contributed by atoms with E-state index in [1.54, 1.807) is 17.0 Å². The van der Waals surface area contributed by atoms with Crippen LogP contribution >= 0.6 is 0 Å². The first-order chi connectivity index (χ1) is 12.3. The molecule has 1 aromatic heterocycles. The molecule has 0 amide bonds. The van der Waals surface area contributed by atoms with Crippen LogP contribution in [0.15, 0.2) is 48.8 Å². The molecule has 0 bridgehead atoms. The van der Waals surface area contributed by atoms with E-state index in [1.807, 2.05) is 36.5 Å². The summed E-state index contributed by atoms with van der Waals surface area (Å²) in [4.78, 5) is 14.6. The zero-order valence-electron chi connectivity index (χ0n) is 14.3. The van der Waals surface area contributed by atoms with Crippen LogP contribution in [0, 0.1) is 0 Å². The average molecular weight is 337 g/mol. The Hall–Kier alpha value is -2.40. The van der Waals surface area contributed by atoms with Gasteiger partial charge in [0.1, 0.15) is 6.10 Å². The Kier molecular flexibility index (Phi) is 4.65. The molecule has 4 rings (SSSR count). The van der Waals surface area contributed by atoms with Crippen LogP contribution in [-0.4, -0.2) is 45.9 Å². The summed E-state index contributed by atoms with van der Waals surface area (Å²) in [7, 11) is 0. The second-order valence-corrected chi connectivity index (χ2v) is 6.80. The van der Waals surface area contributed by atoms with Gasteiger partial charge in [-0.1, -0.05) is 18.2 Å². The summed E-state index contributed by atoms with van der Waals surface area (Å²) in [5.74, 6) is -0.260. The molecule has 1 aromatic carbocycles. The fraction of sp³-hybridized carbons (Fsp3) is 0.400. The predicted molar refractivity (Wildman–Crippen MR) is 96.3 cm³/mol. The lowest BCUT2D eigenvalue weighted by molar-refractivity contribution is -0.145. The lowest BCUT2D eigenvalue weighted by atomic mass is 10.00. The number of rotatable bonds is 4. The van der Waals surface area contributed by atoms with Crippen LogP contribution in [0.5, 0.6) is 0 Å². The van der Waals surface area contributed by atoms with Gasteiger partial charge < -0.3 is 9.64 Å². The van der Waals surface area contributed by atoms with E-state index in [-0.39, 0.29) is 12.1 Å². The van der Waals surface area contributed by atoms with E-state index in [2.05, 4.69) is 10.00 Å². The minimum Gasteiger partial charge on any atom is -0.459 e. The Balaban J connectivity index is 1.32. The summed E-state index contributed by atoms with van der Waals surface area (Å²) in [5, 5.41) is 4.32. The number of carbonyl (C=O) groups excluding carboxylic acids is 1. The highest BCUT2D eigenvalue weighted by Gasteiger charge is 2.32. The van der Waals surface area contributed by atoms with Crippen molar-refractivity contribution in [1.82, 2.24) is 14.7 Å². The van der Waals surface area contributed by atoms with Crippen molar-refractivity contribution in [2.75, 3.05) is 13.1 Å². The summed E-state index contributed by atoms with van der Waals surface area (Å²) < 4.78 is 7.43. The minimum absolute atomic E-state index is 0.0588. The molecule has 3 heterocycles. The van der Waals surface area contributed by atoms with Gasteiger partial charge in [-0.15, -0.1) is 0 Å². The first kappa shape index (κ1) is 16.1. The van der Waals surface area contributed by atoms with Gasteiger partial charge in [-0.3, -0.25) is 0 Å². The number of nitrogens with zero attached hydrogens (tertiary/aromatic N) is 3. The number of hydrogen-bond acceptors (Lipinski definition) is 4. The zero-order valence-corrected chi connectivity index (χ0v) is 14.3. The highest BCUT2D eigenvalue weighted by molar-refractivity contribution is 5.87. The maximum absolute atomic E-state index is 12.1. The van der Waals surface area contributed by atoms with E-state index in [9.17, 15) is 4.79 Å². The topological polar surface area (TPSA) is 47.4 Å². The SMILES string of the molecule is O=C(C=Cc1cnn(-c2ccccc2)c1)OC1CCN2CCCC2C1. The molecule has 0 radical (unpaired) electrons. The van der Waals surface area contributed by atoms with Crippen LogP contribution in [-0.2, 0) is 9.53 Å². The smallest absolute Gasteiger partial charge is 0.331 e. The van der Waals surface area contributed by atoms with Crippen molar-refractivity contribution in [3.63, 3.8) is 0 Å². The number of para-hydroxylation sites is 1. The highest BCUT2D eigenvalue weighted by atomic mass is 16.5. The monoisotopic (exact) mass is 337 g/mol. The fourth-order valence-electron chi connectivity index (χ4n) is 3.81. The third kappa shape index (κ3) is 3.82. The Labute approximate surface area is 147 Å². The molecule has 5 heteroatoms. The molecule has 2 aliphatic heterocycles. The Bertz CT molecular complexity index is 753. The van der Waals surface area contributed by atoms with E-state index in [4.69, 9.17) is 4.74 Å². The number of hydrogen-bond donors (Lipinski definition) is 0. The molecule has 25 heavy (non-hydrogen) atoms. The van der Waals surface area contributed by atoms with Gasteiger partial charge in [-0.2, -0.15) is 5.10 Å². The second kappa shape index (κ2) is 7.23. The summed E-state index contributed by atoms with van der Waals surface area (Å²) >= 11 is 0. The molecule has 2 atom stereocenters. The normalized spacial score (nSPS) is 23.7. The molecule has 0 aliphatic carbocycles. The van der Waals surface area contributed by atoms with Gasteiger partial charge in [0.15, 0.2) is 0 Å². The standard InChI is InChI=1S/C20H23N3O2/c24-20(25-19-10-12-22-11-4-7-18(22)13-19)9-8-16-14-21-23(15-16)17-5-2-1-3-6-17/h1-3,5-6,8-9,14-15,18-19H,4,7,10-13H2. The molecule has 0 spiro atoms. The molecule has 2 aliphatic rings.